The molecule has 0 aliphatic rings. The largest absolute Gasteiger partial charge is 0.383 e. The van der Waals surface area contributed by atoms with Gasteiger partial charge in [-0.2, -0.15) is 0 Å². The van der Waals surface area contributed by atoms with Gasteiger partial charge in [0.1, 0.15) is 5.69 Å². The number of nitrogens with zero attached hydrogens (tertiary/aromatic N) is 1. The van der Waals surface area contributed by atoms with Gasteiger partial charge in [-0.3, -0.25) is 10.1 Å². The maximum absolute atomic E-state index is 12.1. The third-order valence-corrected chi connectivity index (χ3v) is 3.94. The Hall–Kier alpha value is -1.67. The molecule has 0 aliphatic carbocycles. The van der Waals surface area contributed by atoms with Crippen LogP contribution in [0.1, 0.15) is 20.8 Å². The van der Waals surface area contributed by atoms with Crippen LogP contribution in [0.5, 0.6) is 0 Å². The molecule has 1 aromatic rings. The molecule has 0 saturated heterocycles. The summed E-state index contributed by atoms with van der Waals surface area (Å²) >= 11 is 0. The number of nitro groups is 1. The number of hydrogen-bond donors (Lipinski definition) is 2. The van der Waals surface area contributed by atoms with Gasteiger partial charge in [-0.05, 0) is 32.9 Å². The molecule has 1 rings (SSSR count). The van der Waals surface area contributed by atoms with Crippen LogP contribution in [0.25, 0.3) is 0 Å². The van der Waals surface area contributed by atoms with E-state index in [1.54, 1.807) is 20.8 Å². The molecule has 0 radical (unpaired) electrons. The maximum Gasteiger partial charge on any atom is 0.292 e. The van der Waals surface area contributed by atoms with E-state index in [2.05, 4.69) is 10.0 Å². The van der Waals surface area contributed by atoms with E-state index in [0.717, 1.165) is 0 Å². The van der Waals surface area contributed by atoms with Gasteiger partial charge in [-0.1, -0.05) is 0 Å². The van der Waals surface area contributed by atoms with Gasteiger partial charge in [0.25, 0.3) is 5.69 Å². The Kier molecular flexibility index (Phi) is 4.16. The van der Waals surface area contributed by atoms with Crippen LogP contribution in [-0.4, -0.2) is 25.9 Å². The number of rotatable bonds is 4. The number of nitro benzene ring substituents is 1. The molecular formula is C11H17N3O4S. The Balaban J connectivity index is 3.27. The monoisotopic (exact) mass is 287 g/mol. The van der Waals surface area contributed by atoms with Crippen molar-refractivity contribution in [1.29, 1.82) is 0 Å². The molecule has 0 bridgehead atoms. The second-order valence-electron chi connectivity index (χ2n) is 5.04. The van der Waals surface area contributed by atoms with Crippen molar-refractivity contribution >= 4 is 21.4 Å². The first kappa shape index (κ1) is 15.4. The lowest BCUT2D eigenvalue weighted by Gasteiger charge is -2.20. The van der Waals surface area contributed by atoms with Crippen molar-refractivity contribution in [3.8, 4) is 0 Å². The summed E-state index contributed by atoms with van der Waals surface area (Å²) in [6.07, 6.45) is 0. The molecule has 19 heavy (non-hydrogen) atoms. The van der Waals surface area contributed by atoms with E-state index in [9.17, 15) is 18.5 Å². The molecule has 0 saturated carbocycles. The van der Waals surface area contributed by atoms with Crippen molar-refractivity contribution in [3.05, 3.63) is 28.3 Å². The number of hydrogen-bond acceptors (Lipinski definition) is 5. The Bertz CT molecular complexity index is 590. The molecule has 0 heterocycles. The molecule has 0 atom stereocenters. The molecule has 8 heteroatoms. The second-order valence-corrected chi connectivity index (χ2v) is 6.72. The molecule has 0 spiro atoms. The van der Waals surface area contributed by atoms with Gasteiger partial charge < -0.3 is 5.32 Å². The minimum atomic E-state index is -3.71. The fourth-order valence-electron chi connectivity index (χ4n) is 1.50. The molecule has 0 unspecified atom stereocenters. The molecule has 0 aliphatic heterocycles. The fourth-order valence-corrected chi connectivity index (χ4v) is 2.95. The average molecular weight is 287 g/mol. The summed E-state index contributed by atoms with van der Waals surface area (Å²) in [6.45, 7) is 5.15. The first-order chi connectivity index (χ1) is 8.57. The summed E-state index contributed by atoms with van der Waals surface area (Å²) in [4.78, 5) is 10.2. The minimum Gasteiger partial charge on any atom is -0.383 e. The van der Waals surface area contributed by atoms with Crippen molar-refractivity contribution < 1.29 is 13.3 Å². The molecule has 2 N–H and O–H groups in total. The van der Waals surface area contributed by atoms with E-state index in [1.807, 2.05) is 0 Å². The van der Waals surface area contributed by atoms with Gasteiger partial charge in [0.05, 0.1) is 9.82 Å². The SMILES string of the molecule is CNc1cc(S(=O)(=O)NC(C)(C)C)ccc1[N+](=O)[O-]. The Morgan fingerprint density at radius 1 is 1.26 bits per heavy atom. The van der Waals surface area contributed by atoms with E-state index in [-0.39, 0.29) is 16.3 Å². The van der Waals surface area contributed by atoms with Crippen molar-refractivity contribution in [3.63, 3.8) is 0 Å². The highest BCUT2D eigenvalue weighted by molar-refractivity contribution is 7.89. The molecule has 0 aromatic heterocycles. The molecule has 0 amide bonds. The number of sulfonamides is 1. The second kappa shape index (κ2) is 5.14. The standard InChI is InChI=1S/C11H17N3O4S/c1-11(2,3)13-19(17,18)8-5-6-10(14(15)16)9(7-8)12-4/h5-7,12-13H,1-4H3. The molecule has 106 valence electrons. The third kappa shape index (κ3) is 3.90. The Morgan fingerprint density at radius 2 is 1.84 bits per heavy atom. The first-order valence-corrected chi connectivity index (χ1v) is 7.05. The summed E-state index contributed by atoms with van der Waals surface area (Å²) in [5.74, 6) is 0. The van der Waals surface area contributed by atoms with E-state index in [0.29, 0.717) is 0 Å². The van der Waals surface area contributed by atoms with Gasteiger partial charge in [0.2, 0.25) is 10.0 Å². The zero-order valence-electron chi connectivity index (χ0n) is 11.2. The lowest BCUT2D eigenvalue weighted by atomic mass is 10.1. The maximum atomic E-state index is 12.1. The van der Waals surface area contributed by atoms with Crippen LogP contribution < -0.4 is 10.0 Å². The van der Waals surface area contributed by atoms with Crippen LogP contribution in [0.15, 0.2) is 23.1 Å². The summed E-state index contributed by atoms with van der Waals surface area (Å²) in [5.41, 5.74) is -0.639. The van der Waals surface area contributed by atoms with Crippen molar-refractivity contribution in [1.82, 2.24) is 4.72 Å². The van der Waals surface area contributed by atoms with Crippen molar-refractivity contribution in [2.75, 3.05) is 12.4 Å². The van der Waals surface area contributed by atoms with E-state index in [4.69, 9.17) is 0 Å². The number of nitrogens with one attached hydrogen (secondary N) is 2. The smallest absolute Gasteiger partial charge is 0.292 e. The van der Waals surface area contributed by atoms with Crippen LogP contribution in [0.3, 0.4) is 0 Å². The fraction of sp³-hybridized carbons (Fsp3) is 0.455. The van der Waals surface area contributed by atoms with Gasteiger partial charge >= 0.3 is 0 Å². The van der Waals surface area contributed by atoms with Gasteiger partial charge in [-0.15, -0.1) is 0 Å². The first-order valence-electron chi connectivity index (χ1n) is 5.57. The van der Waals surface area contributed by atoms with E-state index >= 15 is 0 Å². The quantitative estimate of drug-likeness (QED) is 0.648. The van der Waals surface area contributed by atoms with Gasteiger partial charge in [-0.25, -0.2) is 13.1 Å². The number of benzene rings is 1. The van der Waals surface area contributed by atoms with Crippen LogP contribution in [0, 0.1) is 10.1 Å². The Morgan fingerprint density at radius 3 is 2.26 bits per heavy atom. The zero-order chi connectivity index (χ0) is 14.8. The number of anilines is 1. The van der Waals surface area contributed by atoms with E-state index < -0.39 is 20.5 Å². The zero-order valence-corrected chi connectivity index (χ0v) is 12.0. The molecule has 1 aromatic carbocycles. The normalized spacial score (nSPS) is 12.2. The predicted molar refractivity (Wildman–Crippen MR) is 72.7 cm³/mol. The molecular weight excluding hydrogens is 270 g/mol. The molecule has 0 fully saturated rings. The third-order valence-electron chi connectivity index (χ3n) is 2.18. The Labute approximate surface area is 112 Å². The van der Waals surface area contributed by atoms with Crippen molar-refractivity contribution in [2.24, 2.45) is 0 Å². The van der Waals surface area contributed by atoms with Crippen LogP contribution >= 0.6 is 0 Å². The molecule has 7 nitrogen and oxygen atoms in total. The lowest BCUT2D eigenvalue weighted by molar-refractivity contribution is -0.384. The average Bonchev–Trinajstić information content (AvgIpc) is 2.24. The van der Waals surface area contributed by atoms with E-state index in [1.165, 1.54) is 25.2 Å². The minimum absolute atomic E-state index is 0.0163. The predicted octanol–water partition coefficient (Wildman–Crippen LogP) is 1.71. The lowest BCUT2D eigenvalue weighted by Crippen LogP contribution is -2.40. The highest BCUT2D eigenvalue weighted by Crippen LogP contribution is 2.27. The van der Waals surface area contributed by atoms with Gasteiger partial charge in [0.15, 0.2) is 0 Å². The summed E-state index contributed by atoms with van der Waals surface area (Å²) in [5, 5.41) is 13.4. The highest BCUT2D eigenvalue weighted by Gasteiger charge is 2.24. The summed E-state index contributed by atoms with van der Waals surface area (Å²) < 4.78 is 26.7. The summed E-state index contributed by atoms with van der Waals surface area (Å²) in [6, 6.07) is 3.63. The highest BCUT2D eigenvalue weighted by atomic mass is 32.2. The topological polar surface area (TPSA) is 101 Å². The van der Waals surface area contributed by atoms with Crippen LogP contribution in [-0.2, 0) is 10.0 Å². The summed E-state index contributed by atoms with van der Waals surface area (Å²) in [7, 11) is -2.21. The van der Waals surface area contributed by atoms with Gasteiger partial charge in [0, 0.05) is 18.7 Å². The van der Waals surface area contributed by atoms with Crippen molar-refractivity contribution in [2.45, 2.75) is 31.2 Å². The van der Waals surface area contributed by atoms with Crippen LogP contribution in [0.2, 0.25) is 0 Å². The van der Waals surface area contributed by atoms with Crippen LogP contribution in [0.4, 0.5) is 11.4 Å².